The molecule has 0 saturated carbocycles. The first kappa shape index (κ1) is 12.6. The summed E-state index contributed by atoms with van der Waals surface area (Å²) >= 11 is 1.56. The van der Waals surface area contributed by atoms with Crippen molar-refractivity contribution in [1.29, 1.82) is 5.26 Å². The zero-order valence-corrected chi connectivity index (χ0v) is 11.4. The van der Waals surface area contributed by atoms with E-state index in [0.717, 1.165) is 22.0 Å². The maximum absolute atomic E-state index is 9.09. The highest BCUT2D eigenvalue weighted by Crippen LogP contribution is 2.30. The lowest BCUT2D eigenvalue weighted by atomic mass is 9.92. The Kier molecular flexibility index (Phi) is 3.35. The van der Waals surface area contributed by atoms with Crippen molar-refractivity contribution < 1.29 is 4.74 Å². The van der Waals surface area contributed by atoms with Crippen LogP contribution < -0.4 is 4.74 Å². The van der Waals surface area contributed by atoms with Crippen LogP contribution in [0.3, 0.4) is 0 Å². The molecular formula is C14H14N2OS. The van der Waals surface area contributed by atoms with Crippen molar-refractivity contribution in [3.63, 3.8) is 0 Å². The highest BCUT2D eigenvalue weighted by molar-refractivity contribution is 7.13. The minimum atomic E-state index is -0.540. The molecule has 0 spiro atoms. The van der Waals surface area contributed by atoms with Crippen LogP contribution in [-0.2, 0) is 5.41 Å². The second kappa shape index (κ2) is 4.79. The minimum Gasteiger partial charge on any atom is -0.497 e. The molecule has 92 valence electrons. The molecule has 2 aromatic rings. The Bertz CT molecular complexity index is 579. The maximum atomic E-state index is 9.09. The highest BCUT2D eigenvalue weighted by Gasteiger charge is 2.23. The lowest BCUT2D eigenvalue weighted by molar-refractivity contribution is 0.415. The Balaban J connectivity index is 2.32. The number of hydrogen-bond acceptors (Lipinski definition) is 4. The van der Waals surface area contributed by atoms with Crippen LogP contribution in [0.25, 0.3) is 10.6 Å². The van der Waals surface area contributed by atoms with Gasteiger partial charge in [-0.3, -0.25) is 0 Å². The van der Waals surface area contributed by atoms with E-state index in [0.29, 0.717) is 0 Å². The van der Waals surface area contributed by atoms with Crippen molar-refractivity contribution in [3.8, 4) is 22.4 Å². The van der Waals surface area contributed by atoms with Crippen LogP contribution >= 0.6 is 11.3 Å². The zero-order chi connectivity index (χ0) is 13.2. The van der Waals surface area contributed by atoms with E-state index in [2.05, 4.69) is 11.1 Å². The molecule has 0 amide bonds. The first-order chi connectivity index (χ1) is 8.56. The van der Waals surface area contributed by atoms with Crippen LogP contribution in [0.2, 0.25) is 0 Å². The topological polar surface area (TPSA) is 45.9 Å². The van der Waals surface area contributed by atoms with Crippen molar-refractivity contribution in [2.75, 3.05) is 7.11 Å². The van der Waals surface area contributed by atoms with Gasteiger partial charge >= 0.3 is 0 Å². The number of nitrogens with zero attached hydrogens (tertiary/aromatic N) is 2. The molecule has 0 bridgehead atoms. The molecule has 0 aliphatic rings. The Morgan fingerprint density at radius 1 is 1.28 bits per heavy atom. The van der Waals surface area contributed by atoms with Crippen molar-refractivity contribution in [3.05, 3.63) is 35.3 Å². The van der Waals surface area contributed by atoms with Gasteiger partial charge in [0.2, 0.25) is 0 Å². The number of aromatic nitrogens is 1. The SMILES string of the molecule is COc1ccc(-c2nc(C(C)(C)C#N)cs2)cc1. The van der Waals surface area contributed by atoms with E-state index in [1.807, 2.05) is 43.5 Å². The molecule has 2 rings (SSSR count). The molecule has 0 aliphatic heterocycles. The van der Waals surface area contributed by atoms with Crippen LogP contribution in [0, 0.1) is 11.3 Å². The Labute approximate surface area is 111 Å². The van der Waals surface area contributed by atoms with E-state index in [1.54, 1.807) is 18.4 Å². The fourth-order valence-corrected chi connectivity index (χ4v) is 2.48. The summed E-state index contributed by atoms with van der Waals surface area (Å²) in [7, 11) is 1.64. The summed E-state index contributed by atoms with van der Waals surface area (Å²) in [5.74, 6) is 0.827. The number of rotatable bonds is 3. The van der Waals surface area contributed by atoms with Gasteiger partial charge in [0.05, 0.1) is 24.3 Å². The Hall–Kier alpha value is -1.86. The van der Waals surface area contributed by atoms with E-state index in [-0.39, 0.29) is 0 Å². The van der Waals surface area contributed by atoms with Gasteiger partial charge in [0.15, 0.2) is 0 Å². The molecule has 1 aromatic carbocycles. The molecule has 0 N–H and O–H groups in total. The summed E-state index contributed by atoms with van der Waals surface area (Å²) < 4.78 is 5.12. The summed E-state index contributed by atoms with van der Waals surface area (Å²) in [5.41, 5.74) is 1.32. The number of nitriles is 1. The predicted octanol–water partition coefficient (Wildman–Crippen LogP) is 3.62. The molecule has 1 heterocycles. The van der Waals surface area contributed by atoms with Gasteiger partial charge in [-0.25, -0.2) is 4.98 Å². The van der Waals surface area contributed by atoms with Crippen LogP contribution in [0.1, 0.15) is 19.5 Å². The number of methoxy groups -OCH3 is 1. The zero-order valence-electron chi connectivity index (χ0n) is 10.6. The molecule has 0 radical (unpaired) electrons. The van der Waals surface area contributed by atoms with Crippen LogP contribution in [0.4, 0.5) is 0 Å². The van der Waals surface area contributed by atoms with E-state index in [1.165, 1.54) is 0 Å². The molecule has 0 saturated heterocycles. The standard InChI is InChI=1S/C14H14N2OS/c1-14(2,9-15)12-8-18-13(16-12)10-4-6-11(17-3)7-5-10/h4-8H,1-3H3. The molecule has 18 heavy (non-hydrogen) atoms. The third kappa shape index (κ3) is 2.36. The quantitative estimate of drug-likeness (QED) is 0.844. The van der Waals surface area contributed by atoms with Crippen molar-refractivity contribution >= 4 is 11.3 Å². The molecule has 3 nitrogen and oxygen atoms in total. The summed E-state index contributed by atoms with van der Waals surface area (Å²) in [6.45, 7) is 3.75. The Morgan fingerprint density at radius 3 is 2.50 bits per heavy atom. The number of hydrogen-bond donors (Lipinski definition) is 0. The third-order valence-electron chi connectivity index (χ3n) is 2.76. The Morgan fingerprint density at radius 2 is 1.94 bits per heavy atom. The molecule has 0 fully saturated rings. The first-order valence-corrected chi connectivity index (χ1v) is 6.46. The van der Waals surface area contributed by atoms with Gasteiger partial charge in [-0.15, -0.1) is 11.3 Å². The average molecular weight is 258 g/mol. The molecule has 4 heteroatoms. The third-order valence-corrected chi connectivity index (χ3v) is 3.65. The van der Waals surface area contributed by atoms with Crippen LogP contribution in [0.5, 0.6) is 5.75 Å². The van der Waals surface area contributed by atoms with Gasteiger partial charge in [-0.05, 0) is 38.1 Å². The molecule has 0 unspecified atom stereocenters. The lowest BCUT2D eigenvalue weighted by Gasteiger charge is -2.10. The monoisotopic (exact) mass is 258 g/mol. The smallest absolute Gasteiger partial charge is 0.123 e. The van der Waals surface area contributed by atoms with E-state index >= 15 is 0 Å². The summed E-state index contributed by atoms with van der Waals surface area (Å²) in [6, 6.07) is 10.0. The molecule has 1 aromatic heterocycles. The average Bonchev–Trinajstić information content (AvgIpc) is 2.89. The van der Waals surface area contributed by atoms with E-state index < -0.39 is 5.41 Å². The van der Waals surface area contributed by atoms with Gasteiger partial charge in [0, 0.05) is 10.9 Å². The van der Waals surface area contributed by atoms with E-state index in [9.17, 15) is 0 Å². The van der Waals surface area contributed by atoms with Gasteiger partial charge in [-0.1, -0.05) is 0 Å². The number of benzene rings is 1. The fraction of sp³-hybridized carbons (Fsp3) is 0.286. The molecule has 0 aliphatic carbocycles. The number of ether oxygens (including phenoxy) is 1. The molecule has 0 atom stereocenters. The van der Waals surface area contributed by atoms with Crippen LogP contribution in [-0.4, -0.2) is 12.1 Å². The maximum Gasteiger partial charge on any atom is 0.123 e. The number of thiazole rings is 1. The normalized spacial score (nSPS) is 11.0. The van der Waals surface area contributed by atoms with Gasteiger partial charge in [-0.2, -0.15) is 5.26 Å². The van der Waals surface area contributed by atoms with Gasteiger partial charge < -0.3 is 4.74 Å². The second-order valence-electron chi connectivity index (χ2n) is 4.50. The largest absolute Gasteiger partial charge is 0.497 e. The first-order valence-electron chi connectivity index (χ1n) is 5.58. The highest BCUT2D eigenvalue weighted by atomic mass is 32.1. The molecular weight excluding hydrogens is 244 g/mol. The lowest BCUT2D eigenvalue weighted by Crippen LogP contribution is -2.14. The van der Waals surface area contributed by atoms with E-state index in [4.69, 9.17) is 10.00 Å². The summed E-state index contributed by atoms with van der Waals surface area (Å²) in [6.07, 6.45) is 0. The van der Waals surface area contributed by atoms with Crippen molar-refractivity contribution in [1.82, 2.24) is 4.98 Å². The van der Waals surface area contributed by atoms with Crippen molar-refractivity contribution in [2.45, 2.75) is 19.3 Å². The van der Waals surface area contributed by atoms with Crippen molar-refractivity contribution in [2.24, 2.45) is 0 Å². The summed E-state index contributed by atoms with van der Waals surface area (Å²) in [5, 5.41) is 12.0. The second-order valence-corrected chi connectivity index (χ2v) is 5.36. The summed E-state index contributed by atoms with van der Waals surface area (Å²) in [4.78, 5) is 4.53. The van der Waals surface area contributed by atoms with Gasteiger partial charge in [0.1, 0.15) is 10.8 Å². The predicted molar refractivity (Wildman–Crippen MR) is 72.7 cm³/mol. The van der Waals surface area contributed by atoms with Gasteiger partial charge in [0.25, 0.3) is 0 Å². The van der Waals surface area contributed by atoms with Crippen LogP contribution in [0.15, 0.2) is 29.6 Å². The fourth-order valence-electron chi connectivity index (χ4n) is 1.48. The minimum absolute atomic E-state index is 0.540.